The summed E-state index contributed by atoms with van der Waals surface area (Å²) in [6, 6.07) is 2.11. The molecule has 1 N–H and O–H groups in total. The lowest BCUT2D eigenvalue weighted by molar-refractivity contribution is -0.134. The van der Waals surface area contributed by atoms with Gasteiger partial charge in [-0.05, 0) is 13.0 Å². The molecule has 0 radical (unpaired) electrons. The second-order valence-corrected chi connectivity index (χ2v) is 3.84. The van der Waals surface area contributed by atoms with E-state index in [1.54, 1.807) is 10.9 Å². The van der Waals surface area contributed by atoms with Gasteiger partial charge in [0.1, 0.15) is 6.54 Å². The van der Waals surface area contributed by atoms with E-state index in [0.717, 1.165) is 19.6 Å². The monoisotopic (exact) mass is 208 g/mol. The van der Waals surface area contributed by atoms with Crippen molar-refractivity contribution in [2.24, 2.45) is 0 Å². The average molecular weight is 208 g/mol. The molecule has 0 saturated carbocycles. The molecule has 0 aromatic carbocycles. The van der Waals surface area contributed by atoms with E-state index >= 15 is 0 Å². The summed E-state index contributed by atoms with van der Waals surface area (Å²) in [6.45, 7) is 4.96. The SMILES string of the molecule is C[C@H]1CNCCN1C(=O)Cn1cccn1. The summed E-state index contributed by atoms with van der Waals surface area (Å²) in [5, 5.41) is 7.29. The van der Waals surface area contributed by atoms with E-state index in [2.05, 4.69) is 17.3 Å². The van der Waals surface area contributed by atoms with Gasteiger partial charge >= 0.3 is 0 Å². The topological polar surface area (TPSA) is 50.2 Å². The van der Waals surface area contributed by atoms with E-state index < -0.39 is 0 Å². The van der Waals surface area contributed by atoms with Crippen LogP contribution in [-0.4, -0.2) is 46.3 Å². The molecule has 5 nitrogen and oxygen atoms in total. The highest BCUT2D eigenvalue weighted by Gasteiger charge is 2.22. The minimum Gasteiger partial charge on any atom is -0.336 e. The predicted octanol–water partition coefficient (Wildman–Crippen LogP) is -0.297. The number of nitrogens with one attached hydrogen (secondary N) is 1. The fourth-order valence-electron chi connectivity index (χ4n) is 1.83. The van der Waals surface area contributed by atoms with E-state index in [1.807, 2.05) is 17.2 Å². The van der Waals surface area contributed by atoms with Crippen LogP contribution in [0.5, 0.6) is 0 Å². The van der Waals surface area contributed by atoms with Crippen LogP contribution in [0.25, 0.3) is 0 Å². The van der Waals surface area contributed by atoms with Gasteiger partial charge in [-0.1, -0.05) is 0 Å². The van der Waals surface area contributed by atoms with Gasteiger partial charge in [0.25, 0.3) is 0 Å². The number of aromatic nitrogens is 2. The molecule has 2 heterocycles. The summed E-state index contributed by atoms with van der Waals surface area (Å²) in [7, 11) is 0. The normalized spacial score (nSPS) is 21.7. The van der Waals surface area contributed by atoms with Gasteiger partial charge in [-0.3, -0.25) is 9.48 Å². The highest BCUT2D eigenvalue weighted by Crippen LogP contribution is 2.03. The Morgan fingerprint density at radius 2 is 2.53 bits per heavy atom. The minimum absolute atomic E-state index is 0.146. The average Bonchev–Trinajstić information content (AvgIpc) is 2.71. The van der Waals surface area contributed by atoms with Crippen LogP contribution in [0.15, 0.2) is 18.5 Å². The Morgan fingerprint density at radius 3 is 3.20 bits per heavy atom. The maximum absolute atomic E-state index is 11.9. The lowest BCUT2D eigenvalue weighted by atomic mass is 10.2. The number of hydrogen-bond acceptors (Lipinski definition) is 3. The van der Waals surface area contributed by atoms with Gasteiger partial charge in [-0.2, -0.15) is 5.10 Å². The molecule has 1 saturated heterocycles. The van der Waals surface area contributed by atoms with Gasteiger partial charge in [0, 0.05) is 38.1 Å². The molecule has 15 heavy (non-hydrogen) atoms. The number of rotatable bonds is 2. The fourth-order valence-corrected chi connectivity index (χ4v) is 1.83. The second kappa shape index (κ2) is 4.44. The lowest BCUT2D eigenvalue weighted by Crippen LogP contribution is -2.53. The first-order valence-corrected chi connectivity index (χ1v) is 5.25. The minimum atomic E-state index is 0.146. The first-order chi connectivity index (χ1) is 7.27. The standard InChI is InChI=1S/C10H16N4O/c1-9-7-11-4-6-14(9)10(15)8-13-5-2-3-12-13/h2-3,5,9,11H,4,6-8H2,1H3/t9-/m0/s1. The molecule has 1 aliphatic rings. The van der Waals surface area contributed by atoms with E-state index in [4.69, 9.17) is 0 Å². The Morgan fingerprint density at radius 1 is 1.67 bits per heavy atom. The Labute approximate surface area is 89.1 Å². The molecule has 5 heteroatoms. The van der Waals surface area contributed by atoms with E-state index in [-0.39, 0.29) is 11.9 Å². The van der Waals surface area contributed by atoms with E-state index in [1.165, 1.54) is 0 Å². The van der Waals surface area contributed by atoms with Crippen LogP contribution in [0, 0.1) is 0 Å². The molecule has 1 aliphatic heterocycles. The van der Waals surface area contributed by atoms with Crippen molar-refractivity contribution in [2.45, 2.75) is 19.5 Å². The van der Waals surface area contributed by atoms with Crippen LogP contribution in [-0.2, 0) is 11.3 Å². The summed E-state index contributed by atoms with van der Waals surface area (Å²) in [5.74, 6) is 0.146. The zero-order valence-electron chi connectivity index (χ0n) is 8.89. The highest BCUT2D eigenvalue weighted by molar-refractivity contribution is 5.76. The molecular weight excluding hydrogens is 192 g/mol. The number of carbonyl (C=O) groups excluding carboxylic acids is 1. The van der Waals surface area contributed by atoms with Gasteiger partial charge < -0.3 is 10.2 Å². The van der Waals surface area contributed by atoms with Crippen LogP contribution >= 0.6 is 0 Å². The van der Waals surface area contributed by atoms with E-state index in [9.17, 15) is 4.79 Å². The summed E-state index contributed by atoms with van der Waals surface area (Å²) in [6.07, 6.45) is 3.50. The number of carbonyl (C=O) groups is 1. The molecule has 0 aliphatic carbocycles. The second-order valence-electron chi connectivity index (χ2n) is 3.84. The first kappa shape index (κ1) is 10.2. The lowest BCUT2D eigenvalue weighted by Gasteiger charge is -2.33. The van der Waals surface area contributed by atoms with Crippen molar-refractivity contribution in [1.29, 1.82) is 0 Å². The summed E-state index contributed by atoms with van der Waals surface area (Å²) in [5.41, 5.74) is 0. The molecule has 0 bridgehead atoms. The maximum atomic E-state index is 11.9. The summed E-state index contributed by atoms with van der Waals surface area (Å²) >= 11 is 0. The number of nitrogens with zero attached hydrogens (tertiary/aromatic N) is 3. The van der Waals surface area contributed by atoms with Gasteiger partial charge in [-0.15, -0.1) is 0 Å². The molecule has 1 amide bonds. The maximum Gasteiger partial charge on any atom is 0.244 e. The largest absolute Gasteiger partial charge is 0.336 e. The van der Waals surface area contributed by atoms with Crippen molar-refractivity contribution in [3.63, 3.8) is 0 Å². The first-order valence-electron chi connectivity index (χ1n) is 5.25. The van der Waals surface area contributed by atoms with Crippen molar-refractivity contribution in [1.82, 2.24) is 20.0 Å². The summed E-state index contributed by atoms with van der Waals surface area (Å²) in [4.78, 5) is 13.8. The van der Waals surface area contributed by atoms with Crippen molar-refractivity contribution < 1.29 is 4.79 Å². The van der Waals surface area contributed by atoms with Crippen LogP contribution in [0.2, 0.25) is 0 Å². The zero-order chi connectivity index (χ0) is 10.7. The van der Waals surface area contributed by atoms with Gasteiger partial charge in [-0.25, -0.2) is 0 Å². The molecular formula is C10H16N4O. The Bertz CT molecular complexity index is 322. The van der Waals surface area contributed by atoms with Gasteiger partial charge in [0.05, 0.1) is 0 Å². The Kier molecular flexibility index (Phi) is 3.01. The molecule has 1 aromatic heterocycles. The van der Waals surface area contributed by atoms with Gasteiger partial charge in [0.2, 0.25) is 5.91 Å². The summed E-state index contributed by atoms with van der Waals surface area (Å²) < 4.78 is 1.66. The van der Waals surface area contributed by atoms with Crippen molar-refractivity contribution >= 4 is 5.91 Å². The molecule has 0 unspecified atom stereocenters. The quantitative estimate of drug-likeness (QED) is 0.726. The Hall–Kier alpha value is -1.36. The molecule has 1 atom stereocenters. The van der Waals surface area contributed by atoms with E-state index in [0.29, 0.717) is 6.54 Å². The van der Waals surface area contributed by atoms with Crippen molar-refractivity contribution in [3.05, 3.63) is 18.5 Å². The Balaban J connectivity index is 1.95. The third kappa shape index (κ3) is 2.36. The number of hydrogen-bond donors (Lipinski definition) is 1. The zero-order valence-corrected chi connectivity index (χ0v) is 8.89. The smallest absolute Gasteiger partial charge is 0.244 e. The number of piperazine rings is 1. The van der Waals surface area contributed by atoms with Crippen molar-refractivity contribution in [3.8, 4) is 0 Å². The van der Waals surface area contributed by atoms with Crippen LogP contribution in [0.4, 0.5) is 0 Å². The fraction of sp³-hybridized carbons (Fsp3) is 0.600. The molecule has 1 aromatic rings. The predicted molar refractivity (Wildman–Crippen MR) is 56.3 cm³/mol. The molecule has 0 spiro atoms. The third-order valence-electron chi connectivity index (χ3n) is 2.68. The van der Waals surface area contributed by atoms with Crippen LogP contribution < -0.4 is 5.32 Å². The van der Waals surface area contributed by atoms with Crippen LogP contribution in [0.3, 0.4) is 0 Å². The molecule has 1 fully saturated rings. The third-order valence-corrected chi connectivity index (χ3v) is 2.68. The molecule has 2 rings (SSSR count). The highest BCUT2D eigenvalue weighted by atomic mass is 16.2. The van der Waals surface area contributed by atoms with Gasteiger partial charge in [0.15, 0.2) is 0 Å². The van der Waals surface area contributed by atoms with Crippen molar-refractivity contribution in [2.75, 3.05) is 19.6 Å². The number of amides is 1. The molecule has 82 valence electrons. The van der Waals surface area contributed by atoms with Crippen LogP contribution in [0.1, 0.15) is 6.92 Å².